The third-order valence-electron chi connectivity index (χ3n) is 3.70. The van der Waals surface area contributed by atoms with Crippen LogP contribution in [0.15, 0.2) is 35.2 Å². The van der Waals surface area contributed by atoms with Crippen molar-refractivity contribution in [1.82, 2.24) is 0 Å². The van der Waals surface area contributed by atoms with Crippen LogP contribution in [0, 0.1) is 37.8 Å². The molecule has 0 aliphatic carbocycles. The summed E-state index contributed by atoms with van der Waals surface area (Å²) in [6.45, 7) is 6.81. The van der Waals surface area contributed by atoms with Gasteiger partial charge in [0.15, 0.2) is 4.90 Å². The molecule has 6 nitrogen and oxygen atoms in total. The van der Waals surface area contributed by atoms with Gasteiger partial charge in [-0.05, 0) is 49.9 Å². The molecule has 0 spiro atoms. The molecule has 0 N–H and O–H groups in total. The van der Waals surface area contributed by atoms with Crippen molar-refractivity contribution in [3.05, 3.63) is 62.7 Å². The van der Waals surface area contributed by atoms with E-state index in [2.05, 4.69) is 0 Å². The van der Waals surface area contributed by atoms with Gasteiger partial charge in [-0.3, -0.25) is 10.1 Å². The van der Waals surface area contributed by atoms with Crippen LogP contribution in [0.25, 0.3) is 0 Å². The summed E-state index contributed by atoms with van der Waals surface area (Å²) >= 11 is 0. The fraction of sp³-hybridized carbons (Fsp3) is 0.250. The van der Waals surface area contributed by atoms with Crippen molar-refractivity contribution in [3.8, 4) is 5.75 Å². The largest absolute Gasteiger partial charge is 0.378 e. The minimum atomic E-state index is -4.32. The number of aryl methyl sites for hydroxylation is 3. The predicted octanol–water partition coefficient (Wildman–Crippen LogP) is 3.60. The van der Waals surface area contributed by atoms with Crippen molar-refractivity contribution in [1.29, 1.82) is 0 Å². The van der Waals surface area contributed by atoms with Gasteiger partial charge in [0.1, 0.15) is 5.75 Å². The second-order valence-corrected chi connectivity index (χ2v) is 6.85. The van der Waals surface area contributed by atoms with E-state index in [1.165, 1.54) is 19.1 Å². The molecule has 0 aromatic heterocycles. The van der Waals surface area contributed by atoms with Crippen molar-refractivity contribution in [2.24, 2.45) is 0 Å². The Kier molecular flexibility index (Phi) is 4.42. The molecule has 0 fully saturated rings. The van der Waals surface area contributed by atoms with E-state index in [9.17, 15) is 18.5 Å². The molecule has 2 aromatic rings. The second-order valence-electron chi connectivity index (χ2n) is 5.37. The second kappa shape index (κ2) is 6.00. The maximum Gasteiger partial charge on any atom is 0.346 e. The average molecular weight is 335 g/mol. The number of hydrogen-bond donors (Lipinski definition) is 0. The molecule has 0 saturated heterocycles. The molecule has 0 amide bonds. The zero-order valence-corrected chi connectivity index (χ0v) is 14.1. The highest BCUT2D eigenvalue weighted by Crippen LogP contribution is 2.33. The summed E-state index contributed by atoms with van der Waals surface area (Å²) in [6, 6.07) is 7.70. The van der Waals surface area contributed by atoms with Crippen LogP contribution in [-0.4, -0.2) is 13.3 Å². The van der Waals surface area contributed by atoms with E-state index in [1.54, 1.807) is 19.9 Å². The molecule has 7 heteroatoms. The Balaban J connectivity index is 2.63. The van der Waals surface area contributed by atoms with Gasteiger partial charge in [-0.15, -0.1) is 0 Å². The Morgan fingerprint density at radius 1 is 0.957 bits per heavy atom. The summed E-state index contributed by atoms with van der Waals surface area (Å²) < 4.78 is 30.5. The molecule has 23 heavy (non-hydrogen) atoms. The van der Waals surface area contributed by atoms with Gasteiger partial charge >= 0.3 is 10.1 Å². The monoisotopic (exact) mass is 335 g/mol. The first-order valence-corrected chi connectivity index (χ1v) is 8.31. The van der Waals surface area contributed by atoms with Crippen LogP contribution < -0.4 is 4.18 Å². The minimum Gasteiger partial charge on any atom is -0.378 e. The summed E-state index contributed by atoms with van der Waals surface area (Å²) in [6.07, 6.45) is 0. The van der Waals surface area contributed by atoms with Crippen LogP contribution in [0.3, 0.4) is 0 Å². The number of nitrogens with zero attached hydrogens (tertiary/aromatic N) is 1. The smallest absolute Gasteiger partial charge is 0.346 e. The Labute approximate surface area is 135 Å². The quantitative estimate of drug-likeness (QED) is 0.484. The van der Waals surface area contributed by atoms with Gasteiger partial charge < -0.3 is 4.18 Å². The first-order valence-electron chi connectivity index (χ1n) is 6.90. The van der Waals surface area contributed by atoms with Gasteiger partial charge in [0, 0.05) is 6.07 Å². The van der Waals surface area contributed by atoms with Gasteiger partial charge in [0.05, 0.1) is 4.92 Å². The van der Waals surface area contributed by atoms with E-state index >= 15 is 0 Å². The Morgan fingerprint density at radius 2 is 1.57 bits per heavy atom. The third kappa shape index (κ3) is 3.19. The highest BCUT2D eigenvalue weighted by Gasteiger charge is 2.30. The van der Waals surface area contributed by atoms with Crippen LogP contribution in [0.2, 0.25) is 0 Å². The highest BCUT2D eigenvalue weighted by atomic mass is 32.2. The number of nitro groups is 1. The Hall–Kier alpha value is -2.41. The molecule has 0 unspecified atom stereocenters. The Morgan fingerprint density at radius 3 is 2.17 bits per heavy atom. The van der Waals surface area contributed by atoms with Crippen LogP contribution in [0.4, 0.5) is 5.69 Å². The fourth-order valence-electron chi connectivity index (χ4n) is 2.31. The number of hydrogen-bond acceptors (Lipinski definition) is 5. The average Bonchev–Trinajstić information content (AvgIpc) is 2.47. The van der Waals surface area contributed by atoms with Crippen LogP contribution in [0.1, 0.15) is 22.3 Å². The molecule has 0 atom stereocenters. The maximum atomic E-state index is 12.6. The number of nitro benzene ring substituents is 1. The zero-order valence-electron chi connectivity index (χ0n) is 13.3. The normalized spacial score (nSPS) is 11.3. The lowest BCUT2D eigenvalue weighted by atomic mass is 10.1. The molecule has 2 rings (SSSR count). The zero-order chi connectivity index (χ0) is 17.4. The van der Waals surface area contributed by atoms with E-state index in [0.717, 1.165) is 11.6 Å². The lowest BCUT2D eigenvalue weighted by Crippen LogP contribution is -2.15. The summed E-state index contributed by atoms with van der Waals surface area (Å²) in [5.41, 5.74) is 1.98. The Bertz CT molecular complexity index is 888. The molecule has 2 aromatic carbocycles. The lowest BCUT2D eigenvalue weighted by molar-refractivity contribution is -0.388. The van der Waals surface area contributed by atoms with E-state index < -0.39 is 25.6 Å². The third-order valence-corrected chi connectivity index (χ3v) is 5.12. The standard InChI is InChI=1S/C16H17NO5S/c1-10-8-9-11(2)15(13(10)4)22-23(20,21)16-12(3)6-5-7-14(16)17(18)19/h5-9H,1-4H3. The topological polar surface area (TPSA) is 86.5 Å². The molecule has 122 valence electrons. The van der Waals surface area contributed by atoms with Gasteiger partial charge in [0.25, 0.3) is 5.69 Å². The number of benzene rings is 2. The summed E-state index contributed by atoms with van der Waals surface area (Å²) in [4.78, 5) is 10.0. The maximum absolute atomic E-state index is 12.6. The van der Waals surface area contributed by atoms with Crippen molar-refractivity contribution in [2.45, 2.75) is 32.6 Å². The summed E-state index contributed by atoms with van der Waals surface area (Å²) in [5.74, 6) is 0.211. The molecule has 0 bridgehead atoms. The molecule has 0 saturated carbocycles. The van der Waals surface area contributed by atoms with Crippen molar-refractivity contribution in [3.63, 3.8) is 0 Å². The molecule has 0 aliphatic rings. The molecule has 0 aliphatic heterocycles. The van der Waals surface area contributed by atoms with E-state index in [0.29, 0.717) is 11.1 Å². The van der Waals surface area contributed by atoms with Crippen molar-refractivity contribution in [2.75, 3.05) is 0 Å². The van der Waals surface area contributed by atoms with Crippen LogP contribution >= 0.6 is 0 Å². The molecular formula is C16H17NO5S. The van der Waals surface area contributed by atoms with E-state index in [-0.39, 0.29) is 11.3 Å². The van der Waals surface area contributed by atoms with E-state index in [4.69, 9.17) is 4.18 Å². The molecular weight excluding hydrogens is 318 g/mol. The highest BCUT2D eigenvalue weighted by molar-refractivity contribution is 7.87. The molecule has 0 heterocycles. The van der Waals surface area contributed by atoms with Gasteiger partial charge in [-0.1, -0.05) is 24.3 Å². The SMILES string of the molecule is Cc1ccc(C)c(OS(=O)(=O)c2c(C)cccc2[N+](=O)[O-])c1C. The van der Waals surface area contributed by atoms with Crippen LogP contribution in [-0.2, 0) is 10.1 Å². The number of rotatable bonds is 4. The summed E-state index contributed by atoms with van der Waals surface area (Å²) in [5, 5.41) is 11.1. The van der Waals surface area contributed by atoms with Crippen LogP contribution in [0.5, 0.6) is 5.75 Å². The first kappa shape index (κ1) is 17.0. The lowest BCUT2D eigenvalue weighted by Gasteiger charge is -2.14. The summed E-state index contributed by atoms with van der Waals surface area (Å²) in [7, 11) is -4.32. The van der Waals surface area contributed by atoms with E-state index in [1.807, 2.05) is 13.0 Å². The van der Waals surface area contributed by atoms with Gasteiger partial charge in [-0.25, -0.2) is 0 Å². The minimum absolute atomic E-state index is 0.211. The van der Waals surface area contributed by atoms with Gasteiger partial charge in [0.2, 0.25) is 0 Å². The molecule has 0 radical (unpaired) electrons. The fourth-order valence-corrected chi connectivity index (χ4v) is 3.73. The van der Waals surface area contributed by atoms with Gasteiger partial charge in [-0.2, -0.15) is 8.42 Å². The first-order chi connectivity index (χ1) is 10.6. The van der Waals surface area contributed by atoms with Crippen molar-refractivity contribution < 1.29 is 17.5 Å². The van der Waals surface area contributed by atoms with Crippen molar-refractivity contribution >= 4 is 15.8 Å². The predicted molar refractivity (Wildman–Crippen MR) is 86.3 cm³/mol.